The first-order valence-electron chi connectivity index (χ1n) is 7.85. The summed E-state index contributed by atoms with van der Waals surface area (Å²) in [6.07, 6.45) is 2.60. The molecule has 1 aromatic carbocycles. The van der Waals surface area contributed by atoms with Gasteiger partial charge in [-0.05, 0) is 51.3 Å². The van der Waals surface area contributed by atoms with E-state index < -0.39 is 23.3 Å². The Balaban J connectivity index is 2.43. The van der Waals surface area contributed by atoms with Crippen molar-refractivity contribution in [3.05, 3.63) is 34.9 Å². The number of aliphatic hydroxyl groups is 1. The maximum Gasteiger partial charge on any atom is 0.164 e. The quantitative estimate of drug-likeness (QED) is 0.889. The standard InChI is InChI=1S/C17H25F2NO/c1-4-17(5-2,20-10-6-7-11-20)16(21)13-9-8-12(3)14(18)15(13)19/h8-9,16,21H,4-7,10-11H2,1-3H3. The molecule has 1 fully saturated rings. The highest BCUT2D eigenvalue weighted by molar-refractivity contribution is 5.29. The van der Waals surface area contributed by atoms with Gasteiger partial charge in [-0.3, -0.25) is 4.90 Å². The molecular weight excluding hydrogens is 272 g/mol. The number of halogens is 2. The van der Waals surface area contributed by atoms with Crippen LogP contribution in [0.25, 0.3) is 0 Å². The van der Waals surface area contributed by atoms with Gasteiger partial charge in [-0.15, -0.1) is 0 Å². The van der Waals surface area contributed by atoms with Crippen molar-refractivity contribution in [2.75, 3.05) is 13.1 Å². The maximum atomic E-state index is 14.2. The van der Waals surface area contributed by atoms with Gasteiger partial charge in [0.25, 0.3) is 0 Å². The van der Waals surface area contributed by atoms with Crippen LogP contribution < -0.4 is 0 Å². The van der Waals surface area contributed by atoms with Gasteiger partial charge in [0.2, 0.25) is 0 Å². The van der Waals surface area contributed by atoms with E-state index in [4.69, 9.17) is 0 Å². The molecule has 1 heterocycles. The Labute approximate surface area is 125 Å². The zero-order valence-corrected chi connectivity index (χ0v) is 13.1. The lowest BCUT2D eigenvalue weighted by Crippen LogP contribution is -2.51. The number of rotatable bonds is 5. The summed E-state index contributed by atoms with van der Waals surface area (Å²) < 4.78 is 28.1. The molecule has 1 aliphatic heterocycles. The summed E-state index contributed by atoms with van der Waals surface area (Å²) >= 11 is 0. The lowest BCUT2D eigenvalue weighted by Gasteiger charge is -2.44. The van der Waals surface area contributed by atoms with Crippen molar-refractivity contribution in [1.82, 2.24) is 4.90 Å². The van der Waals surface area contributed by atoms with Crippen molar-refractivity contribution in [2.45, 2.75) is 58.1 Å². The van der Waals surface area contributed by atoms with Crippen LogP contribution in [-0.2, 0) is 0 Å². The summed E-state index contributed by atoms with van der Waals surface area (Å²) in [7, 11) is 0. The predicted molar refractivity (Wildman–Crippen MR) is 80.2 cm³/mol. The summed E-state index contributed by atoms with van der Waals surface area (Å²) in [5.74, 6) is -1.76. The minimum atomic E-state index is -1.01. The molecule has 0 aromatic heterocycles. The maximum absolute atomic E-state index is 14.2. The molecule has 2 rings (SSSR count). The topological polar surface area (TPSA) is 23.5 Å². The Hall–Kier alpha value is -1.00. The first-order valence-corrected chi connectivity index (χ1v) is 7.85. The fourth-order valence-electron chi connectivity index (χ4n) is 3.58. The lowest BCUT2D eigenvalue weighted by atomic mass is 9.81. The summed E-state index contributed by atoms with van der Waals surface area (Å²) in [6, 6.07) is 3.06. The van der Waals surface area contributed by atoms with Crippen LogP contribution in [0.2, 0.25) is 0 Å². The highest BCUT2D eigenvalue weighted by Crippen LogP contribution is 2.40. The van der Waals surface area contributed by atoms with Gasteiger partial charge in [-0.2, -0.15) is 0 Å². The number of nitrogens with zero attached hydrogens (tertiary/aromatic N) is 1. The van der Waals surface area contributed by atoms with Crippen LogP contribution in [0.3, 0.4) is 0 Å². The smallest absolute Gasteiger partial charge is 0.164 e. The Morgan fingerprint density at radius 2 is 1.71 bits per heavy atom. The van der Waals surface area contributed by atoms with Crippen molar-refractivity contribution in [1.29, 1.82) is 0 Å². The van der Waals surface area contributed by atoms with Crippen LogP contribution >= 0.6 is 0 Å². The first kappa shape index (κ1) is 16.4. The Morgan fingerprint density at radius 1 is 1.14 bits per heavy atom. The average Bonchev–Trinajstić information content (AvgIpc) is 3.01. The zero-order valence-electron chi connectivity index (χ0n) is 13.1. The van der Waals surface area contributed by atoms with Crippen LogP contribution in [0.15, 0.2) is 12.1 Å². The second-order valence-electron chi connectivity index (χ2n) is 6.01. The van der Waals surface area contributed by atoms with E-state index in [1.165, 1.54) is 19.1 Å². The summed E-state index contributed by atoms with van der Waals surface area (Å²) in [4.78, 5) is 2.24. The third kappa shape index (κ3) is 2.71. The van der Waals surface area contributed by atoms with Crippen molar-refractivity contribution in [3.63, 3.8) is 0 Å². The molecule has 21 heavy (non-hydrogen) atoms. The Morgan fingerprint density at radius 3 is 2.24 bits per heavy atom. The SMILES string of the molecule is CCC(CC)(C(O)c1ccc(C)c(F)c1F)N1CCCC1. The molecule has 1 aromatic rings. The van der Waals surface area contributed by atoms with E-state index in [-0.39, 0.29) is 11.1 Å². The normalized spacial score (nSPS) is 18.2. The number of hydrogen-bond donors (Lipinski definition) is 1. The van der Waals surface area contributed by atoms with Crippen LogP contribution in [0.5, 0.6) is 0 Å². The molecule has 1 saturated heterocycles. The predicted octanol–water partition coefficient (Wildman–Crippen LogP) is 3.96. The van der Waals surface area contributed by atoms with Crippen molar-refractivity contribution < 1.29 is 13.9 Å². The van der Waals surface area contributed by atoms with Crippen molar-refractivity contribution in [2.24, 2.45) is 0 Å². The van der Waals surface area contributed by atoms with Gasteiger partial charge in [-0.1, -0.05) is 26.0 Å². The third-order valence-corrected chi connectivity index (χ3v) is 5.07. The number of hydrogen-bond acceptors (Lipinski definition) is 2. The number of benzene rings is 1. The van der Waals surface area contributed by atoms with Gasteiger partial charge in [0, 0.05) is 5.56 Å². The summed E-state index contributed by atoms with van der Waals surface area (Å²) in [6.45, 7) is 7.37. The van der Waals surface area contributed by atoms with Gasteiger partial charge < -0.3 is 5.11 Å². The lowest BCUT2D eigenvalue weighted by molar-refractivity contribution is -0.0314. The molecule has 1 N–H and O–H groups in total. The van der Waals surface area contributed by atoms with E-state index in [9.17, 15) is 13.9 Å². The highest BCUT2D eigenvalue weighted by atomic mass is 19.2. The van der Waals surface area contributed by atoms with Crippen LogP contribution in [0.4, 0.5) is 8.78 Å². The number of likely N-dealkylation sites (tertiary alicyclic amines) is 1. The van der Waals surface area contributed by atoms with Crippen LogP contribution in [0, 0.1) is 18.6 Å². The zero-order chi connectivity index (χ0) is 15.6. The minimum Gasteiger partial charge on any atom is -0.386 e. The Bertz CT molecular complexity index is 494. The molecule has 0 spiro atoms. The van der Waals surface area contributed by atoms with Gasteiger partial charge in [0.05, 0.1) is 5.54 Å². The van der Waals surface area contributed by atoms with E-state index in [0.717, 1.165) is 25.9 Å². The fourth-order valence-corrected chi connectivity index (χ4v) is 3.58. The van der Waals surface area contributed by atoms with E-state index in [1.807, 2.05) is 13.8 Å². The van der Waals surface area contributed by atoms with E-state index >= 15 is 0 Å². The number of aliphatic hydroxyl groups excluding tert-OH is 1. The molecule has 4 heteroatoms. The molecule has 0 radical (unpaired) electrons. The third-order valence-electron chi connectivity index (χ3n) is 5.07. The first-order chi connectivity index (χ1) is 9.97. The molecule has 0 bridgehead atoms. The molecule has 0 aliphatic carbocycles. The van der Waals surface area contributed by atoms with E-state index in [2.05, 4.69) is 4.90 Å². The Kier molecular flexibility index (Phi) is 4.99. The van der Waals surface area contributed by atoms with E-state index in [0.29, 0.717) is 12.8 Å². The van der Waals surface area contributed by atoms with Gasteiger partial charge in [0.15, 0.2) is 11.6 Å². The van der Waals surface area contributed by atoms with Gasteiger partial charge in [-0.25, -0.2) is 8.78 Å². The molecule has 0 saturated carbocycles. The molecule has 1 atom stereocenters. The molecule has 118 valence electrons. The largest absolute Gasteiger partial charge is 0.386 e. The second kappa shape index (κ2) is 6.41. The molecular formula is C17H25F2NO. The summed E-state index contributed by atoms with van der Waals surface area (Å²) in [5.41, 5.74) is -0.170. The second-order valence-corrected chi connectivity index (χ2v) is 6.01. The van der Waals surface area contributed by atoms with Gasteiger partial charge >= 0.3 is 0 Å². The molecule has 1 unspecified atom stereocenters. The molecule has 1 aliphatic rings. The van der Waals surface area contributed by atoms with E-state index in [1.54, 1.807) is 0 Å². The number of aryl methyl sites for hydroxylation is 1. The fraction of sp³-hybridized carbons (Fsp3) is 0.647. The van der Waals surface area contributed by atoms with Crippen LogP contribution in [0.1, 0.15) is 56.8 Å². The molecule has 0 amide bonds. The molecule has 2 nitrogen and oxygen atoms in total. The summed E-state index contributed by atoms with van der Waals surface area (Å²) in [5, 5.41) is 10.8. The van der Waals surface area contributed by atoms with Crippen LogP contribution in [-0.4, -0.2) is 28.6 Å². The van der Waals surface area contributed by atoms with Crippen molar-refractivity contribution >= 4 is 0 Å². The highest BCUT2D eigenvalue weighted by Gasteiger charge is 2.43. The average molecular weight is 297 g/mol. The monoisotopic (exact) mass is 297 g/mol. The minimum absolute atomic E-state index is 0.0775. The van der Waals surface area contributed by atoms with Gasteiger partial charge in [0.1, 0.15) is 6.10 Å². The van der Waals surface area contributed by atoms with Crippen molar-refractivity contribution in [3.8, 4) is 0 Å².